The van der Waals surface area contributed by atoms with Crippen molar-refractivity contribution in [1.82, 2.24) is 0 Å². The van der Waals surface area contributed by atoms with E-state index < -0.39 is 0 Å². The number of nitrogens with zero attached hydrogens (tertiary/aromatic N) is 1. The first kappa shape index (κ1) is 23.3. The van der Waals surface area contributed by atoms with Crippen molar-refractivity contribution < 1.29 is 4.42 Å². The molecule has 0 saturated carbocycles. The number of aryl methyl sites for hydroxylation is 1. The predicted octanol–water partition coefficient (Wildman–Crippen LogP) is 4.59. The average molecular weight is 445 g/mol. The lowest BCUT2D eigenvalue weighted by Crippen LogP contribution is -2.11. The number of amidine groups is 1. The number of thioether (sulfide) groups is 1. The van der Waals surface area contributed by atoms with E-state index in [1.165, 1.54) is 37.4 Å². The Bertz CT molecular complexity index is 386. The lowest BCUT2D eigenvalue weighted by molar-refractivity contribution is 0.494. The third-order valence-electron chi connectivity index (χ3n) is 2.83. The summed E-state index contributed by atoms with van der Waals surface area (Å²) in [5, 5.41) is 0.555. The summed E-state index contributed by atoms with van der Waals surface area (Å²) >= 11 is 1.48. The fourth-order valence-electron chi connectivity index (χ4n) is 1.82. The fourth-order valence-corrected chi connectivity index (χ4v) is 2.31. The Balaban J connectivity index is 0. The molecular weight excluding hydrogens is 418 g/mol. The van der Waals surface area contributed by atoms with Crippen LogP contribution in [0.4, 0.5) is 5.69 Å². The molecule has 0 aliphatic rings. The van der Waals surface area contributed by atoms with Crippen molar-refractivity contribution in [2.24, 2.45) is 16.5 Å². The molecule has 7 heteroatoms. The first-order valence-corrected chi connectivity index (χ1v) is 8.00. The van der Waals surface area contributed by atoms with Gasteiger partial charge in [0.25, 0.3) is 0 Å². The summed E-state index contributed by atoms with van der Waals surface area (Å²) in [5.41, 5.74) is 12.1. The van der Waals surface area contributed by atoms with Crippen molar-refractivity contribution in [3.05, 3.63) is 18.1 Å². The van der Waals surface area contributed by atoms with E-state index >= 15 is 0 Å². The van der Waals surface area contributed by atoms with Crippen LogP contribution in [0.15, 0.2) is 21.7 Å². The van der Waals surface area contributed by atoms with Crippen LogP contribution in [-0.2, 0) is 6.42 Å². The van der Waals surface area contributed by atoms with Crippen molar-refractivity contribution >= 4 is 56.6 Å². The summed E-state index contributed by atoms with van der Waals surface area (Å²) in [7, 11) is 0. The predicted molar refractivity (Wildman–Crippen MR) is 105 cm³/mol. The van der Waals surface area contributed by atoms with Gasteiger partial charge in [0.1, 0.15) is 11.4 Å². The highest BCUT2D eigenvalue weighted by molar-refractivity contribution is 8.93. The number of furan rings is 1. The summed E-state index contributed by atoms with van der Waals surface area (Å²) in [6, 6.07) is 1.87. The van der Waals surface area contributed by atoms with Gasteiger partial charge in [-0.2, -0.15) is 0 Å². The number of aliphatic imine (C=N–C) groups is 1. The zero-order valence-corrected chi connectivity index (χ0v) is 16.8. The van der Waals surface area contributed by atoms with Crippen LogP contribution < -0.4 is 11.5 Å². The van der Waals surface area contributed by atoms with E-state index in [-0.39, 0.29) is 34.0 Å². The SMILES string of the molecule is Br.Br.CCCCCCCc1occc1N=C(N)SCCN. The molecular formula is C14H27Br2N3OS. The first-order chi connectivity index (χ1) is 9.27. The van der Waals surface area contributed by atoms with E-state index in [2.05, 4.69) is 11.9 Å². The number of rotatable bonds is 9. The summed E-state index contributed by atoms with van der Waals surface area (Å²) in [6.45, 7) is 2.83. The third-order valence-corrected chi connectivity index (χ3v) is 3.65. The smallest absolute Gasteiger partial charge is 0.159 e. The molecule has 0 aromatic carbocycles. The number of hydrogen-bond donors (Lipinski definition) is 2. The second-order valence-electron chi connectivity index (χ2n) is 4.48. The maximum Gasteiger partial charge on any atom is 0.159 e. The van der Waals surface area contributed by atoms with Crippen molar-refractivity contribution in [2.45, 2.75) is 45.4 Å². The Morgan fingerprint density at radius 2 is 1.95 bits per heavy atom. The zero-order chi connectivity index (χ0) is 13.9. The van der Waals surface area contributed by atoms with Crippen LogP contribution in [0.2, 0.25) is 0 Å². The molecule has 0 aliphatic carbocycles. The Morgan fingerprint density at radius 3 is 2.62 bits per heavy atom. The van der Waals surface area contributed by atoms with E-state index in [0.29, 0.717) is 11.7 Å². The highest BCUT2D eigenvalue weighted by atomic mass is 79.9. The fraction of sp³-hybridized carbons (Fsp3) is 0.643. The van der Waals surface area contributed by atoms with Crippen molar-refractivity contribution in [3.8, 4) is 0 Å². The van der Waals surface area contributed by atoms with Crippen molar-refractivity contribution in [2.75, 3.05) is 12.3 Å². The maximum absolute atomic E-state index is 5.83. The van der Waals surface area contributed by atoms with Gasteiger partial charge in [-0.25, -0.2) is 4.99 Å². The molecule has 124 valence electrons. The Labute approximate surface area is 153 Å². The standard InChI is InChI=1S/C14H25N3OS.2BrH/c1-2-3-4-5-6-7-13-12(8-10-18-13)17-14(16)19-11-9-15;;/h8,10H,2-7,9,11,15H2,1H3,(H2,16,17);2*1H. The Morgan fingerprint density at radius 1 is 1.24 bits per heavy atom. The molecule has 0 fully saturated rings. The first-order valence-electron chi connectivity index (χ1n) is 7.01. The summed E-state index contributed by atoms with van der Waals surface area (Å²) in [6.07, 6.45) is 8.88. The van der Waals surface area contributed by atoms with E-state index in [0.717, 1.165) is 30.0 Å². The molecule has 0 spiro atoms. The third kappa shape index (κ3) is 10.4. The van der Waals surface area contributed by atoms with Crippen LogP contribution in [0.1, 0.15) is 44.8 Å². The number of hydrogen-bond acceptors (Lipinski definition) is 4. The quantitative estimate of drug-likeness (QED) is 0.331. The van der Waals surface area contributed by atoms with Gasteiger partial charge in [-0.3, -0.25) is 0 Å². The Hall–Kier alpha value is 0.0200. The minimum absolute atomic E-state index is 0. The van der Waals surface area contributed by atoms with Crippen molar-refractivity contribution in [1.29, 1.82) is 0 Å². The number of unbranched alkanes of at least 4 members (excludes halogenated alkanes) is 4. The zero-order valence-electron chi connectivity index (χ0n) is 12.5. The van der Waals surface area contributed by atoms with E-state index in [1.807, 2.05) is 6.07 Å². The molecule has 0 atom stereocenters. The average Bonchev–Trinajstić information content (AvgIpc) is 2.83. The normalized spacial score (nSPS) is 10.9. The van der Waals surface area contributed by atoms with Crippen molar-refractivity contribution in [3.63, 3.8) is 0 Å². The van der Waals surface area contributed by atoms with E-state index in [4.69, 9.17) is 15.9 Å². The van der Waals surface area contributed by atoms with Gasteiger partial charge in [-0.1, -0.05) is 44.4 Å². The van der Waals surface area contributed by atoms with E-state index in [1.54, 1.807) is 6.26 Å². The monoisotopic (exact) mass is 443 g/mol. The second kappa shape index (κ2) is 14.9. The second-order valence-corrected chi connectivity index (χ2v) is 5.60. The van der Waals surface area contributed by atoms with Gasteiger partial charge in [0, 0.05) is 24.8 Å². The molecule has 0 unspecified atom stereocenters. The Kier molecular flexibility index (Phi) is 16.6. The van der Waals surface area contributed by atoms with Gasteiger partial charge >= 0.3 is 0 Å². The van der Waals surface area contributed by atoms with Crippen LogP contribution in [-0.4, -0.2) is 17.5 Å². The summed E-state index contributed by atoms with van der Waals surface area (Å²) in [5.74, 6) is 1.73. The van der Waals surface area contributed by atoms with Gasteiger partial charge in [-0.15, -0.1) is 34.0 Å². The summed E-state index contributed by atoms with van der Waals surface area (Å²) in [4.78, 5) is 4.38. The molecule has 1 aromatic heterocycles. The molecule has 1 aromatic rings. The molecule has 0 radical (unpaired) electrons. The molecule has 4 N–H and O–H groups in total. The maximum atomic E-state index is 5.83. The van der Waals surface area contributed by atoms with E-state index in [9.17, 15) is 0 Å². The molecule has 1 rings (SSSR count). The minimum atomic E-state index is 0. The molecule has 21 heavy (non-hydrogen) atoms. The molecule has 4 nitrogen and oxygen atoms in total. The molecule has 0 amide bonds. The van der Waals surface area contributed by atoms with Gasteiger partial charge in [-0.05, 0) is 6.42 Å². The highest BCUT2D eigenvalue weighted by Gasteiger charge is 2.06. The molecule has 0 saturated heterocycles. The van der Waals surface area contributed by atoms with Gasteiger partial charge < -0.3 is 15.9 Å². The van der Waals surface area contributed by atoms with Gasteiger partial charge in [0.05, 0.1) is 6.26 Å². The van der Waals surface area contributed by atoms with Gasteiger partial charge in [0.2, 0.25) is 0 Å². The topological polar surface area (TPSA) is 77.5 Å². The largest absolute Gasteiger partial charge is 0.467 e. The van der Waals surface area contributed by atoms with Crippen LogP contribution in [0.5, 0.6) is 0 Å². The summed E-state index contributed by atoms with van der Waals surface area (Å²) < 4.78 is 5.48. The van der Waals surface area contributed by atoms with Crippen LogP contribution >= 0.6 is 45.7 Å². The lowest BCUT2D eigenvalue weighted by atomic mass is 10.1. The van der Waals surface area contributed by atoms with Crippen LogP contribution in [0.25, 0.3) is 0 Å². The lowest BCUT2D eigenvalue weighted by Gasteiger charge is -2.01. The van der Waals surface area contributed by atoms with Crippen LogP contribution in [0.3, 0.4) is 0 Å². The number of nitrogens with two attached hydrogens (primary N) is 2. The number of halogens is 2. The van der Waals surface area contributed by atoms with Gasteiger partial charge in [0.15, 0.2) is 5.17 Å². The molecule has 1 heterocycles. The highest BCUT2D eigenvalue weighted by Crippen LogP contribution is 2.23. The minimum Gasteiger partial charge on any atom is -0.467 e. The molecule has 0 bridgehead atoms. The van der Waals surface area contributed by atoms with Crippen LogP contribution in [0, 0.1) is 0 Å². The molecule has 0 aliphatic heterocycles.